The van der Waals surface area contributed by atoms with Gasteiger partial charge < -0.3 is 5.32 Å². The maximum atomic E-state index is 4.66. The van der Waals surface area contributed by atoms with Crippen LogP contribution in [0.4, 0.5) is 5.69 Å². The molecule has 0 spiro atoms. The van der Waals surface area contributed by atoms with Crippen molar-refractivity contribution < 1.29 is 0 Å². The van der Waals surface area contributed by atoms with E-state index in [4.69, 9.17) is 0 Å². The van der Waals surface area contributed by atoms with E-state index in [-0.39, 0.29) is 0 Å². The van der Waals surface area contributed by atoms with Gasteiger partial charge in [0.2, 0.25) is 0 Å². The number of rotatable bonds is 3. The largest absolute Gasteiger partial charge is 0.332 e. The van der Waals surface area contributed by atoms with Crippen molar-refractivity contribution in [3.8, 4) is 0 Å². The van der Waals surface area contributed by atoms with Crippen molar-refractivity contribution in [3.05, 3.63) is 12.4 Å². The zero-order valence-electron chi connectivity index (χ0n) is 9.81. The Morgan fingerprint density at radius 3 is 3.12 bits per heavy atom. The molecule has 0 fully saturated rings. The highest BCUT2D eigenvalue weighted by Crippen LogP contribution is 2.20. The van der Waals surface area contributed by atoms with Gasteiger partial charge in [0.05, 0.1) is 17.9 Å². The summed E-state index contributed by atoms with van der Waals surface area (Å²) in [5.74, 6) is 1.16. The lowest BCUT2D eigenvalue weighted by Gasteiger charge is -2.18. The molecule has 0 saturated heterocycles. The first kappa shape index (κ1) is 11.5. The van der Waals surface area contributed by atoms with E-state index < -0.39 is 0 Å². The second-order valence-electron chi connectivity index (χ2n) is 3.84. The number of anilines is 1. The lowest BCUT2D eigenvalue weighted by molar-refractivity contribution is 0.634. The van der Waals surface area contributed by atoms with Crippen LogP contribution in [0.25, 0.3) is 0 Å². The molecule has 0 aliphatic carbocycles. The van der Waals surface area contributed by atoms with E-state index in [0.29, 0.717) is 6.04 Å². The first-order valence-corrected chi connectivity index (χ1v) is 6.80. The van der Waals surface area contributed by atoms with Gasteiger partial charge in [0.1, 0.15) is 0 Å². The molecule has 16 heavy (non-hydrogen) atoms. The normalized spacial score (nSPS) is 20.6. The number of amidine groups is 1. The molecule has 2 rings (SSSR count). The maximum Gasteiger partial charge on any atom is 0.161 e. The first-order valence-electron chi connectivity index (χ1n) is 5.82. The molecule has 1 atom stereocenters. The average Bonchev–Trinajstić information content (AvgIpc) is 2.77. The minimum absolute atomic E-state index is 0.491. The van der Waals surface area contributed by atoms with Crippen molar-refractivity contribution >= 4 is 22.6 Å². The quantitative estimate of drug-likeness (QED) is 0.880. The van der Waals surface area contributed by atoms with Crippen molar-refractivity contribution in [1.29, 1.82) is 0 Å². The van der Waals surface area contributed by atoms with Crippen molar-refractivity contribution in [2.24, 2.45) is 4.99 Å². The van der Waals surface area contributed by atoms with E-state index in [9.17, 15) is 0 Å². The fourth-order valence-corrected chi connectivity index (χ4v) is 2.64. The zero-order chi connectivity index (χ0) is 11.4. The molecule has 0 radical (unpaired) electrons. The first-order chi connectivity index (χ1) is 7.81. The molecule has 1 unspecified atom stereocenters. The molecule has 4 nitrogen and oxygen atoms in total. The van der Waals surface area contributed by atoms with Crippen LogP contribution < -0.4 is 5.32 Å². The third kappa shape index (κ3) is 2.78. The van der Waals surface area contributed by atoms with Gasteiger partial charge in [-0.05, 0) is 19.8 Å². The summed E-state index contributed by atoms with van der Waals surface area (Å²) in [5.41, 5.74) is 1.03. The highest BCUT2D eigenvalue weighted by atomic mass is 32.2. The van der Waals surface area contributed by atoms with Gasteiger partial charge in [-0.15, -0.1) is 0 Å². The van der Waals surface area contributed by atoms with Gasteiger partial charge in [0, 0.05) is 18.5 Å². The van der Waals surface area contributed by atoms with Crippen LogP contribution in [-0.2, 0) is 6.54 Å². The molecule has 2 heterocycles. The van der Waals surface area contributed by atoms with Gasteiger partial charge in [0.25, 0.3) is 0 Å². The summed E-state index contributed by atoms with van der Waals surface area (Å²) in [6, 6.07) is 0.491. The predicted molar refractivity (Wildman–Crippen MR) is 70.1 cm³/mol. The Balaban J connectivity index is 2.00. The van der Waals surface area contributed by atoms with Crippen LogP contribution in [0.1, 0.15) is 26.7 Å². The standard InChI is InChI=1S/C11H18N4S/c1-3-9-5-6-16-11(13-9)14-10-7-12-15(4-2)8-10/h7-9H,3-6H2,1-2H3,(H,13,14). The van der Waals surface area contributed by atoms with Crippen molar-refractivity contribution in [2.75, 3.05) is 11.1 Å². The second-order valence-corrected chi connectivity index (χ2v) is 4.93. The molecule has 0 amide bonds. The van der Waals surface area contributed by atoms with E-state index in [2.05, 4.69) is 29.3 Å². The van der Waals surface area contributed by atoms with Crippen molar-refractivity contribution in [3.63, 3.8) is 0 Å². The molecule has 1 aromatic heterocycles. The zero-order valence-corrected chi connectivity index (χ0v) is 10.6. The summed E-state index contributed by atoms with van der Waals surface area (Å²) in [4.78, 5) is 4.66. The van der Waals surface area contributed by atoms with Crippen molar-refractivity contribution in [2.45, 2.75) is 39.3 Å². The van der Waals surface area contributed by atoms with Crippen LogP contribution in [0, 0.1) is 0 Å². The third-order valence-electron chi connectivity index (χ3n) is 2.67. The topological polar surface area (TPSA) is 42.2 Å². The molecule has 88 valence electrons. The number of hydrogen-bond acceptors (Lipinski definition) is 4. The monoisotopic (exact) mass is 238 g/mol. The predicted octanol–water partition coefficient (Wildman–Crippen LogP) is 2.59. The Morgan fingerprint density at radius 2 is 2.44 bits per heavy atom. The summed E-state index contributed by atoms with van der Waals surface area (Å²) in [5, 5.41) is 8.59. The van der Waals surface area contributed by atoms with Crippen LogP contribution >= 0.6 is 11.8 Å². The maximum absolute atomic E-state index is 4.66. The lowest BCUT2D eigenvalue weighted by atomic mass is 10.2. The smallest absolute Gasteiger partial charge is 0.161 e. The number of aromatic nitrogens is 2. The van der Waals surface area contributed by atoms with Gasteiger partial charge in [0.15, 0.2) is 5.17 Å². The van der Waals surface area contributed by atoms with Crippen molar-refractivity contribution in [1.82, 2.24) is 9.78 Å². The van der Waals surface area contributed by atoms with Crippen LogP contribution in [0.3, 0.4) is 0 Å². The van der Waals surface area contributed by atoms with E-state index in [1.807, 2.05) is 17.1 Å². The molecular formula is C11H18N4S. The van der Waals surface area contributed by atoms with Gasteiger partial charge >= 0.3 is 0 Å². The minimum Gasteiger partial charge on any atom is -0.332 e. The van der Waals surface area contributed by atoms with Crippen LogP contribution in [-0.4, -0.2) is 26.7 Å². The number of hydrogen-bond donors (Lipinski definition) is 1. The molecule has 0 aromatic carbocycles. The Kier molecular flexibility index (Phi) is 3.88. The Bertz CT molecular complexity index is 372. The lowest BCUT2D eigenvalue weighted by Crippen LogP contribution is -2.19. The van der Waals surface area contributed by atoms with Crippen LogP contribution in [0.2, 0.25) is 0 Å². The number of aliphatic imine (C=N–C) groups is 1. The molecule has 1 N–H and O–H groups in total. The molecular weight excluding hydrogens is 220 g/mol. The Hall–Kier alpha value is -0.970. The number of nitrogens with zero attached hydrogens (tertiary/aromatic N) is 3. The Morgan fingerprint density at radius 1 is 1.56 bits per heavy atom. The van der Waals surface area contributed by atoms with Gasteiger partial charge in [-0.1, -0.05) is 18.7 Å². The highest BCUT2D eigenvalue weighted by Gasteiger charge is 2.14. The van der Waals surface area contributed by atoms with E-state index in [1.54, 1.807) is 11.8 Å². The second kappa shape index (κ2) is 5.39. The molecule has 1 aliphatic rings. The highest BCUT2D eigenvalue weighted by molar-refractivity contribution is 8.14. The van der Waals surface area contributed by atoms with E-state index >= 15 is 0 Å². The average molecular weight is 238 g/mol. The number of nitrogens with one attached hydrogen (secondary N) is 1. The fraction of sp³-hybridized carbons (Fsp3) is 0.636. The Labute approximate surface area is 101 Å². The molecule has 5 heteroatoms. The number of aryl methyl sites for hydroxylation is 1. The summed E-state index contributed by atoms with van der Waals surface area (Å²) in [7, 11) is 0. The van der Waals surface area contributed by atoms with Crippen LogP contribution in [0.15, 0.2) is 17.4 Å². The van der Waals surface area contributed by atoms with E-state index in [1.165, 1.54) is 6.42 Å². The number of thioether (sulfide) groups is 1. The molecule has 0 saturated carbocycles. The van der Waals surface area contributed by atoms with Gasteiger partial charge in [-0.25, -0.2) is 0 Å². The summed E-state index contributed by atoms with van der Waals surface area (Å²) >= 11 is 1.80. The fourth-order valence-electron chi connectivity index (χ4n) is 1.65. The summed E-state index contributed by atoms with van der Waals surface area (Å²) < 4.78 is 1.91. The minimum atomic E-state index is 0.491. The SMILES string of the molecule is CCC1CCSC(Nc2cnn(CC)c2)=N1. The molecule has 1 aliphatic heterocycles. The van der Waals surface area contributed by atoms with E-state index in [0.717, 1.165) is 29.6 Å². The third-order valence-corrected chi connectivity index (χ3v) is 3.59. The molecule has 0 bridgehead atoms. The van der Waals surface area contributed by atoms with Gasteiger partial charge in [-0.2, -0.15) is 5.10 Å². The van der Waals surface area contributed by atoms with Crippen LogP contribution in [0.5, 0.6) is 0 Å². The summed E-state index contributed by atoms with van der Waals surface area (Å²) in [6.07, 6.45) is 6.18. The molecule has 1 aromatic rings. The summed E-state index contributed by atoms with van der Waals surface area (Å²) in [6.45, 7) is 5.17. The van der Waals surface area contributed by atoms with Gasteiger partial charge in [-0.3, -0.25) is 9.67 Å².